The highest BCUT2D eigenvalue weighted by molar-refractivity contribution is 9.11. The summed E-state index contributed by atoms with van der Waals surface area (Å²) in [6, 6.07) is 1.42. The second-order valence-electron chi connectivity index (χ2n) is 2.65. The summed E-state index contributed by atoms with van der Waals surface area (Å²) in [5.41, 5.74) is 0. The zero-order valence-electron chi connectivity index (χ0n) is 7.57. The van der Waals surface area contributed by atoms with Crippen molar-refractivity contribution in [2.45, 2.75) is 4.90 Å². The Hall–Kier alpha value is -0.430. The van der Waals surface area contributed by atoms with E-state index in [2.05, 4.69) is 32.2 Å². The molecule has 0 amide bonds. The Bertz CT molecular complexity index is 475. The first-order chi connectivity index (χ1) is 6.93. The molecular weight excluding hydrogens is 304 g/mol. The van der Waals surface area contributed by atoms with E-state index in [1.165, 1.54) is 18.5 Å². The Kier molecular flexibility index (Phi) is 4.27. The molecule has 82 valence electrons. The fraction of sp³-hybridized carbons (Fsp3) is 0.125. The van der Waals surface area contributed by atoms with Gasteiger partial charge in [0.1, 0.15) is 4.90 Å². The molecule has 0 aliphatic carbocycles. The van der Waals surface area contributed by atoms with Crippen LogP contribution >= 0.6 is 27.5 Å². The van der Waals surface area contributed by atoms with Gasteiger partial charge in [-0.1, -0.05) is 34.1 Å². The minimum Gasteiger partial charge on any atom is -0.263 e. The molecule has 0 saturated heterocycles. The van der Waals surface area contributed by atoms with Gasteiger partial charge in [0.05, 0.1) is 5.02 Å². The van der Waals surface area contributed by atoms with Gasteiger partial charge < -0.3 is 0 Å². The van der Waals surface area contributed by atoms with E-state index in [-0.39, 0.29) is 16.5 Å². The van der Waals surface area contributed by atoms with E-state index < -0.39 is 10.0 Å². The summed E-state index contributed by atoms with van der Waals surface area (Å²) < 4.78 is 26.2. The van der Waals surface area contributed by atoms with E-state index in [0.717, 1.165) is 0 Å². The van der Waals surface area contributed by atoms with Crippen molar-refractivity contribution in [1.29, 1.82) is 0 Å². The average Bonchev–Trinajstić information content (AvgIpc) is 2.15. The highest BCUT2D eigenvalue weighted by atomic mass is 79.9. The van der Waals surface area contributed by atoms with Gasteiger partial charge in [0, 0.05) is 23.4 Å². The van der Waals surface area contributed by atoms with Gasteiger partial charge in [-0.25, -0.2) is 13.1 Å². The molecule has 1 heterocycles. The zero-order valence-corrected chi connectivity index (χ0v) is 10.7. The van der Waals surface area contributed by atoms with E-state index in [9.17, 15) is 8.42 Å². The first kappa shape index (κ1) is 12.6. The van der Waals surface area contributed by atoms with Crippen molar-refractivity contribution >= 4 is 37.6 Å². The molecule has 0 aliphatic heterocycles. The minimum atomic E-state index is -3.62. The fourth-order valence-corrected chi connectivity index (χ4v) is 2.59. The van der Waals surface area contributed by atoms with Crippen LogP contribution in [0.15, 0.2) is 34.4 Å². The van der Waals surface area contributed by atoms with Crippen molar-refractivity contribution in [1.82, 2.24) is 9.71 Å². The van der Waals surface area contributed by atoms with Gasteiger partial charge in [0.15, 0.2) is 0 Å². The molecular formula is C8H8BrClN2O2S. The van der Waals surface area contributed by atoms with Gasteiger partial charge in [-0.15, -0.1) is 0 Å². The molecule has 0 radical (unpaired) electrons. The van der Waals surface area contributed by atoms with E-state index in [1.54, 1.807) is 0 Å². The Morgan fingerprint density at radius 1 is 1.67 bits per heavy atom. The van der Waals surface area contributed by atoms with Gasteiger partial charge >= 0.3 is 0 Å². The maximum atomic E-state index is 11.7. The molecule has 0 aliphatic rings. The molecule has 1 aromatic heterocycles. The number of nitrogens with zero attached hydrogens (tertiary/aromatic N) is 1. The molecule has 1 aromatic rings. The fourth-order valence-electron chi connectivity index (χ4n) is 0.812. The van der Waals surface area contributed by atoms with Gasteiger partial charge in [-0.05, 0) is 6.07 Å². The first-order valence-electron chi connectivity index (χ1n) is 3.86. The molecule has 1 rings (SSSR count). The summed E-state index contributed by atoms with van der Waals surface area (Å²) >= 11 is 8.78. The van der Waals surface area contributed by atoms with Crippen LogP contribution < -0.4 is 4.72 Å². The smallest absolute Gasteiger partial charge is 0.243 e. The molecule has 1 N–H and O–H groups in total. The lowest BCUT2D eigenvalue weighted by atomic mass is 10.5. The molecule has 0 spiro atoms. The van der Waals surface area contributed by atoms with Gasteiger partial charge in [-0.2, -0.15) is 0 Å². The van der Waals surface area contributed by atoms with Crippen molar-refractivity contribution in [2.75, 3.05) is 6.54 Å². The van der Waals surface area contributed by atoms with E-state index in [4.69, 9.17) is 11.6 Å². The molecule has 15 heavy (non-hydrogen) atoms. The van der Waals surface area contributed by atoms with Gasteiger partial charge in [0.25, 0.3) is 0 Å². The number of pyridine rings is 1. The van der Waals surface area contributed by atoms with Crippen molar-refractivity contribution < 1.29 is 8.42 Å². The number of hydrogen-bond acceptors (Lipinski definition) is 3. The molecule has 0 bridgehead atoms. The van der Waals surface area contributed by atoms with Crippen LogP contribution in [-0.2, 0) is 10.0 Å². The summed E-state index contributed by atoms with van der Waals surface area (Å²) in [4.78, 5) is 3.66. The Balaban J connectivity index is 2.97. The van der Waals surface area contributed by atoms with E-state index >= 15 is 0 Å². The highest BCUT2D eigenvalue weighted by Crippen LogP contribution is 2.19. The summed E-state index contributed by atoms with van der Waals surface area (Å²) in [6.45, 7) is 3.62. The van der Waals surface area contributed by atoms with Gasteiger partial charge in [-0.3, -0.25) is 4.98 Å². The largest absolute Gasteiger partial charge is 0.263 e. The lowest BCUT2D eigenvalue weighted by Gasteiger charge is -2.06. The van der Waals surface area contributed by atoms with Crippen LogP contribution in [-0.4, -0.2) is 19.9 Å². The normalized spacial score (nSPS) is 11.3. The van der Waals surface area contributed by atoms with Crippen molar-refractivity contribution in [3.8, 4) is 0 Å². The summed E-state index contributed by atoms with van der Waals surface area (Å²) in [7, 11) is -3.62. The molecule has 0 saturated carbocycles. The van der Waals surface area contributed by atoms with Crippen LogP contribution in [0.1, 0.15) is 0 Å². The predicted octanol–water partition coefficient (Wildman–Crippen LogP) is 1.92. The van der Waals surface area contributed by atoms with Crippen molar-refractivity contribution in [3.05, 3.63) is 34.5 Å². The maximum Gasteiger partial charge on any atom is 0.243 e. The average molecular weight is 312 g/mol. The predicted molar refractivity (Wildman–Crippen MR) is 62.5 cm³/mol. The molecule has 4 nitrogen and oxygen atoms in total. The number of nitrogens with one attached hydrogen (secondary N) is 1. The lowest BCUT2D eigenvalue weighted by Crippen LogP contribution is -2.25. The van der Waals surface area contributed by atoms with Crippen LogP contribution in [0.5, 0.6) is 0 Å². The highest BCUT2D eigenvalue weighted by Gasteiger charge is 2.17. The third kappa shape index (κ3) is 3.57. The zero-order chi connectivity index (χ0) is 11.5. The maximum absolute atomic E-state index is 11.7. The standard InChI is InChI=1S/C8H8BrClN2O2S/c1-6(9)4-12-15(13,14)8-5-11-3-2-7(8)10/h2-3,5,12H,1,4H2. The minimum absolute atomic E-state index is 0.0413. The molecule has 0 fully saturated rings. The SMILES string of the molecule is C=C(Br)CNS(=O)(=O)c1cnccc1Cl. The Morgan fingerprint density at radius 2 is 2.33 bits per heavy atom. The second-order valence-corrected chi connectivity index (χ2v) is 5.91. The Labute approximate surface area is 102 Å². The van der Waals surface area contributed by atoms with Crippen LogP contribution in [0, 0.1) is 0 Å². The molecule has 0 aromatic carbocycles. The first-order valence-corrected chi connectivity index (χ1v) is 6.51. The summed E-state index contributed by atoms with van der Waals surface area (Å²) in [5, 5.41) is 0.137. The number of rotatable bonds is 4. The number of halogens is 2. The topological polar surface area (TPSA) is 59.1 Å². The molecule has 7 heteroatoms. The molecule has 0 atom stereocenters. The monoisotopic (exact) mass is 310 g/mol. The quantitative estimate of drug-likeness (QED) is 0.924. The summed E-state index contributed by atoms with van der Waals surface area (Å²) in [6.07, 6.45) is 2.62. The molecule has 0 unspecified atom stereocenters. The number of aromatic nitrogens is 1. The number of sulfonamides is 1. The van der Waals surface area contributed by atoms with Gasteiger partial charge in [0.2, 0.25) is 10.0 Å². The van der Waals surface area contributed by atoms with Crippen molar-refractivity contribution in [3.63, 3.8) is 0 Å². The van der Waals surface area contributed by atoms with Crippen molar-refractivity contribution in [2.24, 2.45) is 0 Å². The van der Waals surface area contributed by atoms with Crippen LogP contribution in [0.4, 0.5) is 0 Å². The van der Waals surface area contributed by atoms with Crippen LogP contribution in [0.2, 0.25) is 5.02 Å². The number of hydrogen-bond donors (Lipinski definition) is 1. The Morgan fingerprint density at radius 3 is 2.87 bits per heavy atom. The van der Waals surface area contributed by atoms with Crippen LogP contribution in [0.25, 0.3) is 0 Å². The third-order valence-corrected chi connectivity index (χ3v) is 3.63. The van der Waals surface area contributed by atoms with Crippen LogP contribution in [0.3, 0.4) is 0 Å². The lowest BCUT2D eigenvalue weighted by molar-refractivity contribution is 0.585. The van der Waals surface area contributed by atoms with E-state index in [0.29, 0.717) is 4.48 Å². The third-order valence-electron chi connectivity index (χ3n) is 1.48. The summed E-state index contributed by atoms with van der Waals surface area (Å²) in [5.74, 6) is 0. The second kappa shape index (κ2) is 5.07. The van der Waals surface area contributed by atoms with E-state index in [1.807, 2.05) is 0 Å².